The Kier molecular flexibility index (Phi) is 4.65. The molecule has 1 aliphatic heterocycles. The number of benzene rings is 1. The van der Waals surface area contributed by atoms with Crippen LogP contribution in [-0.2, 0) is 11.2 Å². The van der Waals surface area contributed by atoms with Crippen molar-refractivity contribution in [2.75, 3.05) is 13.1 Å². The summed E-state index contributed by atoms with van der Waals surface area (Å²) in [4.78, 5) is 11.4. The predicted molar refractivity (Wildman–Crippen MR) is 66.7 cm³/mol. The molecule has 2 N–H and O–H groups in total. The molecule has 20 heavy (non-hydrogen) atoms. The van der Waals surface area contributed by atoms with E-state index in [9.17, 15) is 23.1 Å². The maximum absolute atomic E-state index is 13.6. The van der Waals surface area contributed by atoms with E-state index in [4.69, 9.17) is 0 Å². The fourth-order valence-corrected chi connectivity index (χ4v) is 2.66. The first-order valence-corrected chi connectivity index (χ1v) is 6.56. The Bertz CT molecular complexity index is 501. The van der Waals surface area contributed by atoms with Gasteiger partial charge in [0.15, 0.2) is 11.6 Å². The number of carboxylic acid groups (broad SMARTS) is 1. The Morgan fingerprint density at radius 3 is 2.40 bits per heavy atom. The minimum Gasteiger partial charge on any atom is -0.481 e. The Labute approximate surface area is 114 Å². The van der Waals surface area contributed by atoms with Crippen molar-refractivity contribution < 1.29 is 23.1 Å². The largest absolute Gasteiger partial charge is 0.481 e. The van der Waals surface area contributed by atoms with Crippen molar-refractivity contribution in [2.24, 2.45) is 11.8 Å². The van der Waals surface area contributed by atoms with E-state index >= 15 is 0 Å². The third-order valence-electron chi connectivity index (χ3n) is 3.80. The van der Waals surface area contributed by atoms with E-state index in [1.807, 2.05) is 0 Å². The Morgan fingerprint density at radius 1 is 1.20 bits per heavy atom. The van der Waals surface area contributed by atoms with Crippen LogP contribution in [0.5, 0.6) is 0 Å². The van der Waals surface area contributed by atoms with Crippen molar-refractivity contribution in [2.45, 2.75) is 19.3 Å². The number of carbonyl (C=O) groups is 1. The van der Waals surface area contributed by atoms with Gasteiger partial charge >= 0.3 is 5.97 Å². The lowest BCUT2D eigenvalue weighted by molar-refractivity contribution is -0.144. The molecule has 1 heterocycles. The summed E-state index contributed by atoms with van der Waals surface area (Å²) in [5.74, 6) is -5.21. The van der Waals surface area contributed by atoms with Crippen LogP contribution in [0.25, 0.3) is 0 Å². The smallest absolute Gasteiger partial charge is 0.307 e. The summed E-state index contributed by atoms with van der Waals surface area (Å²) in [7, 11) is 0. The Balaban J connectivity index is 2.19. The lowest BCUT2D eigenvalue weighted by Gasteiger charge is -2.28. The highest BCUT2D eigenvalue weighted by atomic mass is 19.2. The normalized spacial score (nSPS) is 17.9. The highest BCUT2D eigenvalue weighted by molar-refractivity contribution is 5.70. The third-order valence-corrected chi connectivity index (χ3v) is 3.80. The van der Waals surface area contributed by atoms with Gasteiger partial charge in [0.1, 0.15) is 5.82 Å². The first kappa shape index (κ1) is 14.8. The average Bonchev–Trinajstić information content (AvgIpc) is 2.42. The zero-order valence-electron chi connectivity index (χ0n) is 10.8. The van der Waals surface area contributed by atoms with E-state index in [0.29, 0.717) is 32.0 Å². The van der Waals surface area contributed by atoms with Gasteiger partial charge in [-0.05, 0) is 49.9 Å². The van der Waals surface area contributed by atoms with Gasteiger partial charge in [-0.25, -0.2) is 13.2 Å². The molecule has 1 atom stereocenters. The number of nitrogens with one attached hydrogen (secondary N) is 1. The molecule has 1 fully saturated rings. The quantitative estimate of drug-likeness (QED) is 0.836. The molecule has 0 aromatic heterocycles. The summed E-state index contributed by atoms with van der Waals surface area (Å²) in [6.07, 6.45) is 1.24. The molecule has 0 saturated carbocycles. The molecule has 1 aliphatic rings. The molecule has 2 rings (SSSR count). The van der Waals surface area contributed by atoms with Crippen molar-refractivity contribution in [1.29, 1.82) is 0 Å². The van der Waals surface area contributed by atoms with Crippen LogP contribution in [0.4, 0.5) is 13.2 Å². The lowest BCUT2D eigenvalue weighted by Crippen LogP contribution is -2.35. The number of hydrogen-bond donors (Lipinski definition) is 2. The summed E-state index contributed by atoms with van der Waals surface area (Å²) < 4.78 is 39.6. The highest BCUT2D eigenvalue weighted by Gasteiger charge is 2.30. The first-order valence-electron chi connectivity index (χ1n) is 6.56. The van der Waals surface area contributed by atoms with E-state index in [1.54, 1.807) is 0 Å². The number of aliphatic carboxylic acids is 1. The minimum absolute atomic E-state index is 0.0822. The van der Waals surface area contributed by atoms with Crippen LogP contribution in [0, 0.1) is 29.3 Å². The zero-order valence-corrected chi connectivity index (χ0v) is 10.8. The van der Waals surface area contributed by atoms with Crippen molar-refractivity contribution in [3.05, 3.63) is 35.1 Å². The van der Waals surface area contributed by atoms with Crippen molar-refractivity contribution in [1.82, 2.24) is 5.32 Å². The molecular formula is C14H16F3NO2. The van der Waals surface area contributed by atoms with Crippen LogP contribution >= 0.6 is 0 Å². The van der Waals surface area contributed by atoms with Gasteiger partial charge in [-0.2, -0.15) is 0 Å². The van der Waals surface area contributed by atoms with Gasteiger partial charge in [-0.15, -0.1) is 0 Å². The number of rotatable bonds is 4. The molecule has 110 valence electrons. The van der Waals surface area contributed by atoms with E-state index in [-0.39, 0.29) is 17.9 Å². The molecule has 3 nitrogen and oxygen atoms in total. The molecule has 1 saturated heterocycles. The number of carboxylic acids is 1. The van der Waals surface area contributed by atoms with Crippen LogP contribution in [0.3, 0.4) is 0 Å². The maximum atomic E-state index is 13.6. The average molecular weight is 287 g/mol. The number of halogens is 3. The number of piperidine rings is 1. The molecule has 1 aromatic rings. The van der Waals surface area contributed by atoms with Crippen LogP contribution in [0.1, 0.15) is 18.4 Å². The van der Waals surface area contributed by atoms with Crippen molar-refractivity contribution in [3.63, 3.8) is 0 Å². The maximum Gasteiger partial charge on any atom is 0.307 e. The van der Waals surface area contributed by atoms with Gasteiger partial charge in [0, 0.05) is 6.07 Å². The summed E-state index contributed by atoms with van der Waals surface area (Å²) in [6.45, 7) is 1.43. The second-order valence-corrected chi connectivity index (χ2v) is 5.09. The van der Waals surface area contributed by atoms with Crippen LogP contribution in [-0.4, -0.2) is 24.2 Å². The first-order chi connectivity index (χ1) is 9.49. The molecule has 0 bridgehead atoms. The van der Waals surface area contributed by atoms with Gasteiger partial charge in [0.25, 0.3) is 0 Å². The summed E-state index contributed by atoms with van der Waals surface area (Å²) in [6, 6.07) is 1.22. The van der Waals surface area contributed by atoms with Crippen LogP contribution in [0.2, 0.25) is 0 Å². The molecule has 1 aromatic carbocycles. The topological polar surface area (TPSA) is 49.3 Å². The van der Waals surface area contributed by atoms with E-state index in [2.05, 4.69) is 5.32 Å². The lowest BCUT2D eigenvalue weighted by atomic mass is 9.81. The SMILES string of the molecule is O=C(O)C(Cc1cc(F)c(F)cc1F)C1CCNCC1. The highest BCUT2D eigenvalue weighted by Crippen LogP contribution is 2.27. The van der Waals surface area contributed by atoms with E-state index in [1.165, 1.54) is 0 Å². The van der Waals surface area contributed by atoms with E-state index in [0.717, 1.165) is 6.07 Å². The zero-order chi connectivity index (χ0) is 14.7. The second-order valence-electron chi connectivity index (χ2n) is 5.09. The number of hydrogen-bond acceptors (Lipinski definition) is 2. The fraction of sp³-hybridized carbons (Fsp3) is 0.500. The Morgan fingerprint density at radius 2 is 1.80 bits per heavy atom. The molecule has 0 spiro atoms. The van der Waals surface area contributed by atoms with Gasteiger partial charge in [0.05, 0.1) is 5.92 Å². The standard InChI is InChI=1S/C14H16F3NO2/c15-11-7-13(17)12(16)6-9(11)5-10(14(19)20)8-1-3-18-4-2-8/h6-8,10,18H,1-5H2,(H,19,20). The fourth-order valence-electron chi connectivity index (χ4n) is 2.66. The Hall–Kier alpha value is -1.56. The second kappa shape index (κ2) is 6.26. The monoisotopic (exact) mass is 287 g/mol. The summed E-state index contributed by atoms with van der Waals surface area (Å²) in [5, 5.41) is 12.4. The van der Waals surface area contributed by atoms with E-state index < -0.39 is 29.3 Å². The molecule has 0 amide bonds. The van der Waals surface area contributed by atoms with Gasteiger partial charge in [0.2, 0.25) is 0 Å². The molecule has 1 unspecified atom stereocenters. The predicted octanol–water partition coefficient (Wildman–Crippen LogP) is 2.35. The third kappa shape index (κ3) is 3.30. The molecular weight excluding hydrogens is 271 g/mol. The van der Waals surface area contributed by atoms with Crippen LogP contribution in [0.15, 0.2) is 12.1 Å². The molecule has 0 aliphatic carbocycles. The van der Waals surface area contributed by atoms with Gasteiger partial charge < -0.3 is 10.4 Å². The summed E-state index contributed by atoms with van der Waals surface area (Å²) >= 11 is 0. The molecule has 0 radical (unpaired) electrons. The van der Waals surface area contributed by atoms with Gasteiger partial charge in [-0.1, -0.05) is 0 Å². The molecule has 6 heteroatoms. The minimum atomic E-state index is -1.26. The van der Waals surface area contributed by atoms with Crippen molar-refractivity contribution >= 4 is 5.97 Å². The van der Waals surface area contributed by atoms with Crippen LogP contribution < -0.4 is 5.32 Å². The van der Waals surface area contributed by atoms with Crippen molar-refractivity contribution in [3.8, 4) is 0 Å². The summed E-state index contributed by atoms with van der Waals surface area (Å²) in [5.41, 5.74) is -0.0881. The van der Waals surface area contributed by atoms with Gasteiger partial charge in [-0.3, -0.25) is 4.79 Å².